The molecule has 0 saturated heterocycles. The maximum atomic E-state index is 13.1. The maximum absolute atomic E-state index is 13.1. The first-order valence-electron chi connectivity index (χ1n) is 11.3. The van der Waals surface area contributed by atoms with Gasteiger partial charge in [-0.15, -0.1) is 10.2 Å². The molecule has 9 nitrogen and oxygen atoms in total. The van der Waals surface area contributed by atoms with Crippen molar-refractivity contribution in [3.05, 3.63) is 101 Å². The Morgan fingerprint density at radius 1 is 0.944 bits per heavy atom. The van der Waals surface area contributed by atoms with Gasteiger partial charge in [0.05, 0.1) is 11.3 Å². The summed E-state index contributed by atoms with van der Waals surface area (Å²) >= 11 is 0. The van der Waals surface area contributed by atoms with Crippen LogP contribution in [0.1, 0.15) is 5.69 Å². The largest absolute Gasteiger partial charge is 0.484 e. The first kappa shape index (κ1) is 21.5. The predicted octanol–water partition coefficient (Wildman–Crippen LogP) is 3.72. The van der Waals surface area contributed by atoms with Gasteiger partial charge >= 0.3 is 0 Å². The lowest BCUT2D eigenvalue weighted by atomic mass is 10.1. The summed E-state index contributed by atoms with van der Waals surface area (Å²) in [6.45, 7) is 1.63. The lowest BCUT2D eigenvalue weighted by Gasteiger charge is -2.10. The number of amides is 1. The number of ether oxygens (including phenoxy) is 1. The molecule has 0 fully saturated rings. The van der Waals surface area contributed by atoms with Crippen LogP contribution in [-0.2, 0) is 4.79 Å². The molecule has 3 heterocycles. The topological polar surface area (TPSA) is 103 Å². The van der Waals surface area contributed by atoms with Gasteiger partial charge in [-0.05, 0) is 41.5 Å². The summed E-state index contributed by atoms with van der Waals surface area (Å²) in [4.78, 5) is 25.6. The number of carbonyl (C=O) groups excluding carboxylic acids is 1. The Balaban J connectivity index is 1.26. The van der Waals surface area contributed by atoms with Crippen molar-refractivity contribution >= 4 is 33.4 Å². The fourth-order valence-corrected chi connectivity index (χ4v) is 4.26. The molecule has 176 valence electrons. The van der Waals surface area contributed by atoms with Crippen molar-refractivity contribution in [3.8, 4) is 16.9 Å². The van der Waals surface area contributed by atoms with E-state index in [1.54, 1.807) is 16.6 Å². The van der Waals surface area contributed by atoms with E-state index in [1.807, 2.05) is 73.7 Å². The van der Waals surface area contributed by atoms with Gasteiger partial charge in [0.2, 0.25) is 0 Å². The van der Waals surface area contributed by atoms with Crippen LogP contribution >= 0.6 is 0 Å². The molecule has 0 aliphatic carbocycles. The smallest absolute Gasteiger partial charge is 0.299 e. The first-order valence-corrected chi connectivity index (χ1v) is 11.3. The molecule has 0 unspecified atom stereocenters. The monoisotopic (exact) mass is 476 g/mol. The van der Waals surface area contributed by atoms with E-state index >= 15 is 0 Å². The zero-order valence-corrected chi connectivity index (χ0v) is 19.3. The van der Waals surface area contributed by atoms with E-state index in [4.69, 9.17) is 4.74 Å². The summed E-state index contributed by atoms with van der Waals surface area (Å²) in [5.74, 6) is 0.0752. The molecular weight excluding hydrogens is 456 g/mol. The number of nitrogens with one attached hydrogen (secondary N) is 1. The molecule has 0 atom stereocenters. The van der Waals surface area contributed by atoms with Crippen LogP contribution in [0.5, 0.6) is 5.75 Å². The number of rotatable bonds is 5. The van der Waals surface area contributed by atoms with E-state index in [9.17, 15) is 9.59 Å². The highest BCUT2D eigenvalue weighted by Crippen LogP contribution is 2.27. The summed E-state index contributed by atoms with van der Waals surface area (Å²) in [5.41, 5.74) is 5.74. The van der Waals surface area contributed by atoms with Crippen molar-refractivity contribution < 1.29 is 9.53 Å². The standard InChI is InChI=1S/C27H20N6O3/c1-17-24(19-8-3-2-4-9-19)26-29-28-25-22(33(26)30-17)13-14-32(27(25)35)31-23(34)16-36-21-12-11-18-7-5-6-10-20(18)15-21/h2-15H,16H2,1H3,(H,31,34). The number of hydrogen-bond donors (Lipinski definition) is 1. The van der Waals surface area contributed by atoms with E-state index in [1.165, 1.54) is 6.20 Å². The molecule has 0 aliphatic rings. The molecule has 1 amide bonds. The number of pyridine rings is 1. The summed E-state index contributed by atoms with van der Waals surface area (Å²) in [5, 5.41) is 15.1. The summed E-state index contributed by atoms with van der Waals surface area (Å²) in [6.07, 6.45) is 1.47. The Morgan fingerprint density at radius 2 is 1.72 bits per heavy atom. The molecule has 9 heteroatoms. The predicted molar refractivity (Wildman–Crippen MR) is 137 cm³/mol. The van der Waals surface area contributed by atoms with Gasteiger partial charge in [-0.1, -0.05) is 60.7 Å². The Hall–Kier alpha value is -5.05. The van der Waals surface area contributed by atoms with E-state index in [2.05, 4.69) is 20.7 Å². The van der Waals surface area contributed by atoms with E-state index in [0.717, 1.165) is 32.3 Å². The van der Waals surface area contributed by atoms with Crippen molar-refractivity contribution in [1.82, 2.24) is 24.5 Å². The molecule has 0 aliphatic heterocycles. The number of hydrogen-bond acceptors (Lipinski definition) is 6. The fraction of sp³-hybridized carbons (Fsp3) is 0.0741. The number of benzene rings is 3. The average molecular weight is 476 g/mol. The van der Waals surface area contributed by atoms with E-state index < -0.39 is 11.5 Å². The third-order valence-corrected chi connectivity index (χ3v) is 5.95. The van der Waals surface area contributed by atoms with Crippen molar-refractivity contribution in [2.45, 2.75) is 6.92 Å². The Morgan fingerprint density at radius 3 is 2.56 bits per heavy atom. The van der Waals surface area contributed by atoms with Gasteiger partial charge in [0.15, 0.2) is 17.8 Å². The minimum absolute atomic E-state index is 0.0860. The highest BCUT2D eigenvalue weighted by Gasteiger charge is 2.17. The second kappa shape index (κ2) is 8.62. The highest BCUT2D eigenvalue weighted by molar-refractivity contribution is 5.87. The first-order chi connectivity index (χ1) is 17.6. The van der Waals surface area contributed by atoms with Crippen LogP contribution in [0.2, 0.25) is 0 Å². The highest BCUT2D eigenvalue weighted by atomic mass is 16.5. The summed E-state index contributed by atoms with van der Waals surface area (Å²) in [6, 6.07) is 24.9. The summed E-state index contributed by atoms with van der Waals surface area (Å²) in [7, 11) is 0. The second-order valence-electron chi connectivity index (χ2n) is 8.32. The minimum Gasteiger partial charge on any atom is -0.484 e. The van der Waals surface area contributed by atoms with Crippen LogP contribution < -0.4 is 15.7 Å². The minimum atomic E-state index is -0.518. The molecule has 1 N–H and O–H groups in total. The fourth-order valence-electron chi connectivity index (χ4n) is 4.26. The van der Waals surface area contributed by atoms with Gasteiger partial charge in [0.1, 0.15) is 11.3 Å². The maximum Gasteiger partial charge on any atom is 0.299 e. The molecule has 3 aromatic heterocycles. The number of nitrogens with zero attached hydrogens (tertiary/aromatic N) is 5. The van der Waals surface area contributed by atoms with Gasteiger partial charge in [0.25, 0.3) is 11.5 Å². The zero-order chi connectivity index (χ0) is 24.6. The lowest BCUT2D eigenvalue weighted by Crippen LogP contribution is -2.35. The Bertz CT molecular complexity index is 1820. The van der Waals surface area contributed by atoms with Gasteiger partial charge in [-0.25, -0.2) is 9.19 Å². The molecule has 0 radical (unpaired) electrons. The zero-order valence-electron chi connectivity index (χ0n) is 19.3. The molecular formula is C27H20N6O3. The van der Waals surface area contributed by atoms with Crippen molar-refractivity contribution in [1.29, 1.82) is 0 Å². The van der Waals surface area contributed by atoms with Crippen LogP contribution in [0.15, 0.2) is 89.9 Å². The molecule has 36 heavy (non-hydrogen) atoms. The molecule has 6 rings (SSSR count). The average Bonchev–Trinajstić information content (AvgIpc) is 3.25. The second-order valence-corrected chi connectivity index (χ2v) is 8.32. The third kappa shape index (κ3) is 3.72. The number of aryl methyl sites for hydroxylation is 1. The van der Waals surface area contributed by atoms with Crippen LogP contribution in [-0.4, -0.2) is 37.0 Å². The third-order valence-electron chi connectivity index (χ3n) is 5.95. The van der Waals surface area contributed by atoms with Crippen LogP contribution in [0, 0.1) is 6.92 Å². The number of carbonyl (C=O) groups is 1. The summed E-state index contributed by atoms with van der Waals surface area (Å²) < 4.78 is 8.30. The van der Waals surface area contributed by atoms with Gasteiger partial charge in [-0.3, -0.25) is 15.0 Å². The Labute approximate surface area is 204 Å². The number of aromatic nitrogens is 5. The number of fused-ring (bicyclic) bond motifs is 4. The van der Waals surface area contributed by atoms with Crippen molar-refractivity contribution in [2.75, 3.05) is 12.0 Å². The Kier molecular flexibility index (Phi) is 5.15. The molecule has 0 saturated carbocycles. The van der Waals surface area contributed by atoms with Crippen molar-refractivity contribution in [2.24, 2.45) is 0 Å². The van der Waals surface area contributed by atoms with Crippen molar-refractivity contribution in [3.63, 3.8) is 0 Å². The normalized spacial score (nSPS) is 11.2. The quantitative estimate of drug-likeness (QED) is 0.407. The van der Waals surface area contributed by atoms with Gasteiger partial charge in [-0.2, -0.15) is 5.10 Å². The van der Waals surface area contributed by atoms with Crippen LogP contribution in [0.4, 0.5) is 0 Å². The van der Waals surface area contributed by atoms with Crippen LogP contribution in [0.25, 0.3) is 38.6 Å². The van der Waals surface area contributed by atoms with Gasteiger partial charge in [0, 0.05) is 6.20 Å². The van der Waals surface area contributed by atoms with E-state index in [0.29, 0.717) is 16.9 Å². The lowest BCUT2D eigenvalue weighted by molar-refractivity contribution is -0.119. The molecule has 6 aromatic rings. The molecule has 3 aromatic carbocycles. The molecule has 0 spiro atoms. The van der Waals surface area contributed by atoms with Gasteiger partial charge < -0.3 is 4.74 Å². The molecule has 0 bridgehead atoms. The SMILES string of the molecule is Cc1nn2c(nnc3c(=O)n(NC(=O)COc4ccc5ccccc5c4)ccc32)c1-c1ccccc1. The van der Waals surface area contributed by atoms with E-state index in [-0.39, 0.29) is 12.1 Å². The van der Waals surface area contributed by atoms with Crippen LogP contribution in [0.3, 0.4) is 0 Å².